The molecule has 1 fully saturated rings. The molecule has 160 valence electrons. The van der Waals surface area contributed by atoms with E-state index in [9.17, 15) is 22.0 Å². The minimum Gasteiger partial charge on any atom is -0.464 e. The van der Waals surface area contributed by atoms with Gasteiger partial charge >= 0.3 is 12.3 Å². The van der Waals surface area contributed by atoms with Crippen LogP contribution >= 0.6 is 0 Å². The maximum absolute atomic E-state index is 14.1. The third-order valence-corrected chi connectivity index (χ3v) is 4.53. The van der Waals surface area contributed by atoms with Crippen molar-refractivity contribution in [1.29, 1.82) is 0 Å². The second-order valence-corrected chi connectivity index (χ2v) is 6.78. The average molecular weight is 429 g/mol. The number of pyridine rings is 1. The lowest BCUT2D eigenvalue weighted by Gasteiger charge is -2.20. The van der Waals surface area contributed by atoms with E-state index in [4.69, 9.17) is 4.74 Å². The number of nitrogens with zero attached hydrogens (tertiary/aromatic N) is 5. The summed E-state index contributed by atoms with van der Waals surface area (Å²) in [5, 5.41) is 7.11. The van der Waals surface area contributed by atoms with E-state index in [1.165, 1.54) is 37.6 Å². The Kier molecular flexibility index (Phi) is 5.04. The number of alkyl halides is 5. The fourth-order valence-electron chi connectivity index (χ4n) is 2.96. The second kappa shape index (κ2) is 7.42. The molecular weight excluding hydrogens is 413 g/mol. The van der Waals surface area contributed by atoms with Gasteiger partial charge in [0.1, 0.15) is 0 Å². The number of hydrogen-bond acceptors (Lipinski definition) is 6. The Hall–Kier alpha value is -2.89. The molecule has 1 aliphatic carbocycles. The van der Waals surface area contributed by atoms with Gasteiger partial charge in [0.05, 0.1) is 18.5 Å². The van der Waals surface area contributed by atoms with Gasteiger partial charge in [0.2, 0.25) is 11.7 Å². The van der Waals surface area contributed by atoms with Gasteiger partial charge in [0.25, 0.3) is 0 Å². The fraction of sp³-hybridized carbons (Fsp3) is 0.444. The van der Waals surface area contributed by atoms with Gasteiger partial charge in [-0.25, -0.2) is 4.98 Å². The molecule has 0 N–H and O–H groups in total. The van der Waals surface area contributed by atoms with Gasteiger partial charge in [-0.2, -0.15) is 22.0 Å². The average Bonchev–Trinajstić information content (AvgIpc) is 3.42. The summed E-state index contributed by atoms with van der Waals surface area (Å²) in [5.74, 6) is -1.45. The fourth-order valence-corrected chi connectivity index (χ4v) is 2.96. The molecule has 0 saturated heterocycles. The molecule has 1 aliphatic rings. The number of fused-ring (bicyclic) bond motifs is 1. The first-order valence-corrected chi connectivity index (χ1v) is 9.12. The monoisotopic (exact) mass is 429 g/mol. The van der Waals surface area contributed by atoms with Crippen LogP contribution in [0, 0.1) is 5.92 Å². The predicted octanol–water partition coefficient (Wildman–Crippen LogP) is 3.99. The van der Waals surface area contributed by atoms with E-state index in [0.717, 1.165) is 4.40 Å². The van der Waals surface area contributed by atoms with Gasteiger partial charge in [-0.05, 0) is 25.8 Å². The van der Waals surface area contributed by atoms with Crippen molar-refractivity contribution in [3.63, 3.8) is 0 Å². The molecule has 0 aliphatic heterocycles. The van der Waals surface area contributed by atoms with Crippen molar-refractivity contribution in [1.82, 2.24) is 24.6 Å². The minimum absolute atomic E-state index is 0.0819. The maximum Gasteiger partial charge on any atom is 0.425 e. The van der Waals surface area contributed by atoms with Gasteiger partial charge in [-0.15, -0.1) is 10.2 Å². The van der Waals surface area contributed by atoms with Gasteiger partial charge in [0, 0.05) is 29.9 Å². The summed E-state index contributed by atoms with van der Waals surface area (Å²) in [6.45, 7) is 1.19. The van der Waals surface area contributed by atoms with Crippen molar-refractivity contribution in [3.8, 4) is 17.1 Å². The zero-order chi connectivity index (χ0) is 21.5. The summed E-state index contributed by atoms with van der Waals surface area (Å²) < 4.78 is 78.0. The molecule has 0 aromatic carbocycles. The van der Waals surface area contributed by atoms with Crippen molar-refractivity contribution >= 4 is 5.65 Å². The van der Waals surface area contributed by atoms with Crippen LogP contribution in [0.1, 0.15) is 25.6 Å². The van der Waals surface area contributed by atoms with Gasteiger partial charge < -0.3 is 9.47 Å². The van der Waals surface area contributed by atoms with Crippen LogP contribution in [-0.4, -0.2) is 43.5 Å². The molecule has 0 amide bonds. The summed E-state index contributed by atoms with van der Waals surface area (Å²) in [6.07, 6.45) is -5.34. The quantitative estimate of drug-likeness (QED) is 0.529. The number of aromatic nitrogens is 5. The van der Waals surface area contributed by atoms with E-state index in [2.05, 4.69) is 24.9 Å². The van der Waals surface area contributed by atoms with Crippen LogP contribution < -0.4 is 4.74 Å². The topological polar surface area (TPSA) is 74.4 Å². The first-order chi connectivity index (χ1) is 14.2. The Morgan fingerprint density at radius 1 is 1.10 bits per heavy atom. The molecule has 3 aromatic rings. The van der Waals surface area contributed by atoms with E-state index in [0.29, 0.717) is 18.4 Å². The Balaban J connectivity index is 1.60. The number of hydrogen-bond donors (Lipinski definition) is 0. The van der Waals surface area contributed by atoms with Crippen LogP contribution in [0.5, 0.6) is 5.88 Å². The van der Waals surface area contributed by atoms with Crippen molar-refractivity contribution in [2.45, 2.75) is 38.2 Å². The predicted molar refractivity (Wildman–Crippen MR) is 92.7 cm³/mol. The van der Waals surface area contributed by atoms with Crippen molar-refractivity contribution in [3.05, 3.63) is 36.5 Å². The lowest BCUT2D eigenvalue weighted by Crippen LogP contribution is -2.36. The van der Waals surface area contributed by atoms with Gasteiger partial charge in [-0.1, -0.05) is 0 Å². The highest BCUT2D eigenvalue weighted by Gasteiger charge is 2.51. The molecule has 12 heteroatoms. The lowest BCUT2D eigenvalue weighted by atomic mass is 10.2. The maximum atomic E-state index is 14.1. The van der Waals surface area contributed by atoms with E-state index in [-0.39, 0.29) is 23.8 Å². The Labute approximate surface area is 166 Å². The van der Waals surface area contributed by atoms with Crippen molar-refractivity contribution in [2.24, 2.45) is 5.92 Å². The normalized spacial score (nSPS) is 16.1. The third kappa shape index (κ3) is 4.04. The number of halogens is 5. The molecule has 1 saturated carbocycles. The van der Waals surface area contributed by atoms with E-state index in [1.807, 2.05) is 0 Å². The molecule has 1 atom stereocenters. The second-order valence-electron chi connectivity index (χ2n) is 6.78. The Bertz CT molecular complexity index is 1030. The van der Waals surface area contributed by atoms with Crippen LogP contribution in [-0.2, 0) is 10.8 Å². The first-order valence-electron chi connectivity index (χ1n) is 9.12. The van der Waals surface area contributed by atoms with Crippen LogP contribution in [0.3, 0.4) is 0 Å². The van der Waals surface area contributed by atoms with Crippen LogP contribution in [0.25, 0.3) is 16.9 Å². The van der Waals surface area contributed by atoms with E-state index < -0.39 is 30.1 Å². The largest absolute Gasteiger partial charge is 0.464 e. The standard InChI is InChI=1S/C18H16F5N5O2/c1-2-29-18(22,23)16-27-26-13-8-24-12(9-28(13)16)11-5-6-14(25-7-11)30-15(10-3-4-10)17(19,20)21/h5-10,15H,2-4H2,1H3. The smallest absolute Gasteiger partial charge is 0.425 e. The van der Waals surface area contributed by atoms with Crippen LogP contribution in [0.2, 0.25) is 0 Å². The van der Waals surface area contributed by atoms with Crippen molar-refractivity contribution in [2.75, 3.05) is 6.61 Å². The van der Waals surface area contributed by atoms with Crippen molar-refractivity contribution < 1.29 is 31.4 Å². The molecule has 3 aromatic heterocycles. The Morgan fingerprint density at radius 3 is 2.47 bits per heavy atom. The highest BCUT2D eigenvalue weighted by molar-refractivity contribution is 5.59. The molecule has 4 rings (SSSR count). The molecule has 30 heavy (non-hydrogen) atoms. The highest BCUT2D eigenvalue weighted by Crippen LogP contribution is 2.42. The molecule has 0 bridgehead atoms. The summed E-state index contributed by atoms with van der Waals surface area (Å²) in [4.78, 5) is 8.03. The molecular formula is C18H16F5N5O2. The van der Waals surface area contributed by atoms with Crippen LogP contribution in [0.4, 0.5) is 22.0 Å². The summed E-state index contributed by atoms with van der Waals surface area (Å²) in [6, 6.07) is 2.73. The zero-order valence-corrected chi connectivity index (χ0v) is 15.6. The minimum atomic E-state index is -4.48. The lowest BCUT2D eigenvalue weighted by molar-refractivity contribution is -0.251. The zero-order valence-electron chi connectivity index (χ0n) is 15.6. The molecule has 1 unspecified atom stereocenters. The van der Waals surface area contributed by atoms with E-state index in [1.54, 1.807) is 0 Å². The molecule has 0 radical (unpaired) electrons. The third-order valence-electron chi connectivity index (χ3n) is 4.53. The molecule has 0 spiro atoms. The number of rotatable bonds is 7. The molecule has 3 heterocycles. The summed E-state index contributed by atoms with van der Waals surface area (Å²) in [5.41, 5.74) is 0.710. The first kappa shape index (κ1) is 20.4. The summed E-state index contributed by atoms with van der Waals surface area (Å²) >= 11 is 0. The van der Waals surface area contributed by atoms with Gasteiger partial charge in [0.15, 0.2) is 11.8 Å². The number of ether oxygens (including phenoxy) is 2. The van der Waals surface area contributed by atoms with Gasteiger partial charge in [-0.3, -0.25) is 9.38 Å². The highest BCUT2D eigenvalue weighted by atomic mass is 19.4. The van der Waals surface area contributed by atoms with E-state index >= 15 is 0 Å². The molecule has 7 nitrogen and oxygen atoms in total. The summed E-state index contributed by atoms with van der Waals surface area (Å²) in [7, 11) is 0. The Morgan fingerprint density at radius 2 is 1.87 bits per heavy atom. The van der Waals surface area contributed by atoms with Crippen LogP contribution in [0.15, 0.2) is 30.7 Å². The SMILES string of the molecule is CCOC(F)(F)c1nnc2cnc(-c3ccc(OC(C4CC4)C(F)(F)F)nc3)cn12.